The Morgan fingerprint density at radius 1 is 1.28 bits per heavy atom. The second-order valence-electron chi connectivity index (χ2n) is 3.75. The standard InChI is InChI=1S/C13H11FN2O2/c1-16(10-4-2-3-9(14)7-10)11-5-6-12(13(17)18)15-8-11/h2-8H,1H3,(H,17,18). The van der Waals surface area contributed by atoms with E-state index in [1.807, 2.05) is 0 Å². The van der Waals surface area contributed by atoms with E-state index in [0.29, 0.717) is 11.4 Å². The van der Waals surface area contributed by atoms with Crippen molar-refractivity contribution in [3.05, 3.63) is 54.1 Å². The van der Waals surface area contributed by atoms with Gasteiger partial charge in [-0.2, -0.15) is 0 Å². The van der Waals surface area contributed by atoms with Gasteiger partial charge in [-0.3, -0.25) is 0 Å². The maximum atomic E-state index is 13.1. The maximum absolute atomic E-state index is 13.1. The van der Waals surface area contributed by atoms with Crippen LogP contribution in [0.3, 0.4) is 0 Å². The van der Waals surface area contributed by atoms with E-state index >= 15 is 0 Å². The molecule has 2 rings (SSSR count). The highest BCUT2D eigenvalue weighted by Crippen LogP contribution is 2.23. The lowest BCUT2D eigenvalue weighted by Crippen LogP contribution is -2.10. The van der Waals surface area contributed by atoms with Gasteiger partial charge in [-0.1, -0.05) is 6.07 Å². The molecule has 2 aromatic rings. The molecule has 0 radical (unpaired) electrons. The molecule has 0 spiro atoms. The van der Waals surface area contributed by atoms with Crippen LogP contribution in [0, 0.1) is 5.82 Å². The molecule has 1 aromatic heterocycles. The monoisotopic (exact) mass is 246 g/mol. The highest BCUT2D eigenvalue weighted by molar-refractivity contribution is 5.85. The third-order valence-corrected chi connectivity index (χ3v) is 2.55. The minimum absolute atomic E-state index is 0.0219. The maximum Gasteiger partial charge on any atom is 0.354 e. The van der Waals surface area contributed by atoms with Crippen molar-refractivity contribution in [2.24, 2.45) is 0 Å². The van der Waals surface area contributed by atoms with E-state index in [1.165, 1.54) is 24.4 Å². The van der Waals surface area contributed by atoms with Gasteiger partial charge < -0.3 is 10.0 Å². The summed E-state index contributed by atoms with van der Waals surface area (Å²) in [6.45, 7) is 0. The van der Waals surface area contributed by atoms with Gasteiger partial charge in [0, 0.05) is 12.7 Å². The zero-order chi connectivity index (χ0) is 13.1. The van der Waals surface area contributed by atoms with Gasteiger partial charge in [0.25, 0.3) is 0 Å². The lowest BCUT2D eigenvalue weighted by atomic mass is 10.2. The number of rotatable bonds is 3. The molecule has 92 valence electrons. The van der Waals surface area contributed by atoms with E-state index in [2.05, 4.69) is 4.98 Å². The lowest BCUT2D eigenvalue weighted by molar-refractivity contribution is 0.0690. The number of benzene rings is 1. The Kier molecular flexibility index (Phi) is 3.23. The minimum atomic E-state index is -1.07. The molecule has 18 heavy (non-hydrogen) atoms. The van der Waals surface area contributed by atoms with Crippen LogP contribution in [0.25, 0.3) is 0 Å². The van der Waals surface area contributed by atoms with Gasteiger partial charge in [-0.25, -0.2) is 14.2 Å². The number of halogens is 1. The fraction of sp³-hybridized carbons (Fsp3) is 0.0769. The molecule has 0 aliphatic rings. The van der Waals surface area contributed by atoms with Gasteiger partial charge in [0.05, 0.1) is 11.9 Å². The lowest BCUT2D eigenvalue weighted by Gasteiger charge is -2.19. The van der Waals surface area contributed by atoms with Crippen LogP contribution >= 0.6 is 0 Å². The van der Waals surface area contributed by atoms with Crippen LogP contribution in [0.1, 0.15) is 10.5 Å². The first kappa shape index (κ1) is 12.0. The van der Waals surface area contributed by atoms with Crippen molar-refractivity contribution in [2.45, 2.75) is 0 Å². The summed E-state index contributed by atoms with van der Waals surface area (Å²) in [5.41, 5.74) is 1.33. The quantitative estimate of drug-likeness (QED) is 0.904. The summed E-state index contributed by atoms with van der Waals surface area (Å²) in [5.74, 6) is -1.40. The molecule has 5 heteroatoms. The highest BCUT2D eigenvalue weighted by Gasteiger charge is 2.08. The van der Waals surface area contributed by atoms with Crippen LogP contribution in [-0.4, -0.2) is 23.1 Å². The number of aromatic carboxylic acids is 1. The molecule has 0 fully saturated rings. The molecule has 0 saturated heterocycles. The number of nitrogens with zero attached hydrogens (tertiary/aromatic N) is 2. The van der Waals surface area contributed by atoms with Gasteiger partial charge in [0.2, 0.25) is 0 Å². The van der Waals surface area contributed by atoms with E-state index in [4.69, 9.17) is 5.11 Å². The largest absolute Gasteiger partial charge is 0.477 e. The first-order valence-electron chi connectivity index (χ1n) is 5.26. The van der Waals surface area contributed by atoms with Gasteiger partial charge in [0.1, 0.15) is 11.5 Å². The van der Waals surface area contributed by atoms with Gasteiger partial charge >= 0.3 is 5.97 Å². The van der Waals surface area contributed by atoms with Crippen molar-refractivity contribution >= 4 is 17.3 Å². The number of carboxylic acid groups (broad SMARTS) is 1. The molecule has 0 aliphatic carbocycles. The zero-order valence-electron chi connectivity index (χ0n) is 9.67. The van der Waals surface area contributed by atoms with Gasteiger partial charge in [-0.15, -0.1) is 0 Å². The summed E-state index contributed by atoms with van der Waals surface area (Å²) in [7, 11) is 1.76. The molecule has 1 heterocycles. The van der Waals surface area contributed by atoms with Gasteiger partial charge in [0.15, 0.2) is 0 Å². The van der Waals surface area contributed by atoms with Crippen LogP contribution in [0.15, 0.2) is 42.6 Å². The number of carboxylic acids is 1. The number of hydrogen-bond acceptors (Lipinski definition) is 3. The van der Waals surface area contributed by atoms with E-state index in [0.717, 1.165) is 0 Å². The fourth-order valence-corrected chi connectivity index (χ4v) is 1.54. The van der Waals surface area contributed by atoms with Crippen molar-refractivity contribution < 1.29 is 14.3 Å². The SMILES string of the molecule is CN(c1ccc(C(=O)O)nc1)c1cccc(F)c1. The van der Waals surface area contributed by atoms with Crippen molar-refractivity contribution in [3.63, 3.8) is 0 Å². The van der Waals surface area contributed by atoms with Crippen molar-refractivity contribution in [1.82, 2.24) is 4.98 Å². The van der Waals surface area contributed by atoms with E-state index in [9.17, 15) is 9.18 Å². The fourth-order valence-electron chi connectivity index (χ4n) is 1.54. The molecule has 1 aromatic carbocycles. The zero-order valence-corrected chi connectivity index (χ0v) is 9.67. The molecule has 0 aliphatic heterocycles. The molecular formula is C13H11FN2O2. The van der Waals surface area contributed by atoms with Gasteiger partial charge in [-0.05, 0) is 30.3 Å². The Morgan fingerprint density at radius 3 is 2.61 bits per heavy atom. The summed E-state index contributed by atoms with van der Waals surface area (Å²) in [6.07, 6.45) is 1.44. The van der Waals surface area contributed by atoms with E-state index < -0.39 is 5.97 Å². The van der Waals surface area contributed by atoms with Crippen molar-refractivity contribution in [3.8, 4) is 0 Å². The normalized spacial score (nSPS) is 10.1. The van der Waals surface area contributed by atoms with Crippen LogP contribution < -0.4 is 4.90 Å². The summed E-state index contributed by atoms with van der Waals surface area (Å²) in [5, 5.41) is 8.74. The molecule has 0 atom stereocenters. The average molecular weight is 246 g/mol. The highest BCUT2D eigenvalue weighted by atomic mass is 19.1. The van der Waals surface area contributed by atoms with E-state index in [-0.39, 0.29) is 11.5 Å². The first-order chi connectivity index (χ1) is 8.58. The summed E-state index contributed by atoms with van der Waals surface area (Å²) >= 11 is 0. The Hall–Kier alpha value is -2.43. The van der Waals surface area contributed by atoms with E-state index in [1.54, 1.807) is 30.1 Å². The second-order valence-corrected chi connectivity index (χ2v) is 3.75. The molecule has 0 saturated carbocycles. The molecule has 0 amide bonds. The van der Waals surface area contributed by atoms with Crippen LogP contribution in [0.2, 0.25) is 0 Å². The third kappa shape index (κ3) is 2.45. The van der Waals surface area contributed by atoms with Crippen LogP contribution in [-0.2, 0) is 0 Å². The topological polar surface area (TPSA) is 53.4 Å². The number of aromatic nitrogens is 1. The summed E-state index contributed by atoms with van der Waals surface area (Å²) in [4.78, 5) is 16.2. The van der Waals surface area contributed by atoms with Crippen molar-refractivity contribution in [1.29, 1.82) is 0 Å². The molecule has 0 bridgehead atoms. The Labute approximate surface area is 103 Å². The Morgan fingerprint density at radius 2 is 2.06 bits per heavy atom. The first-order valence-corrected chi connectivity index (χ1v) is 5.26. The van der Waals surface area contributed by atoms with Crippen LogP contribution in [0.4, 0.5) is 15.8 Å². The number of carbonyl (C=O) groups is 1. The number of pyridine rings is 1. The number of hydrogen-bond donors (Lipinski definition) is 1. The van der Waals surface area contributed by atoms with Crippen LogP contribution in [0.5, 0.6) is 0 Å². The summed E-state index contributed by atoms with van der Waals surface area (Å²) < 4.78 is 13.1. The third-order valence-electron chi connectivity index (χ3n) is 2.55. The average Bonchev–Trinajstić information content (AvgIpc) is 2.38. The molecule has 1 N–H and O–H groups in total. The number of anilines is 2. The second kappa shape index (κ2) is 4.83. The molecule has 0 unspecified atom stereocenters. The molecule has 4 nitrogen and oxygen atoms in total. The predicted molar refractivity (Wildman–Crippen MR) is 65.7 cm³/mol. The summed E-state index contributed by atoms with van der Waals surface area (Å²) in [6, 6.07) is 9.16. The Bertz CT molecular complexity index is 569. The Balaban J connectivity index is 2.28. The molecular weight excluding hydrogens is 235 g/mol. The van der Waals surface area contributed by atoms with Crippen molar-refractivity contribution in [2.75, 3.05) is 11.9 Å². The minimum Gasteiger partial charge on any atom is -0.477 e. The predicted octanol–water partition coefficient (Wildman–Crippen LogP) is 2.69. The smallest absolute Gasteiger partial charge is 0.354 e.